The topological polar surface area (TPSA) is 234 Å². The number of fused-ring (bicyclic) bond motifs is 4. The van der Waals surface area contributed by atoms with Gasteiger partial charge in [0.15, 0.2) is 11.4 Å². The Morgan fingerprint density at radius 1 is 0.886 bits per heavy atom. The molecule has 6 aliphatic heterocycles. The second kappa shape index (κ2) is 21.1. The zero-order chi connectivity index (χ0) is 55.0. The predicted molar refractivity (Wildman–Crippen MR) is 299 cm³/mol. The van der Waals surface area contributed by atoms with Crippen LogP contribution in [0, 0.1) is 15.5 Å². The Balaban J connectivity index is 0.803. The summed E-state index contributed by atoms with van der Waals surface area (Å²) < 4.78 is 82.8. The Bertz CT molecular complexity index is 3370. The number of hydrogen-bond acceptors (Lipinski definition) is 17. The van der Waals surface area contributed by atoms with E-state index < -0.39 is 58.9 Å². The van der Waals surface area contributed by atoms with Gasteiger partial charge in [-0.3, -0.25) is 24.7 Å². The first-order valence-electron chi connectivity index (χ1n) is 27.8. The molecule has 8 heterocycles. The zero-order valence-electron chi connectivity index (χ0n) is 45.1. The monoisotopic (exact) mass is 1120 g/mol. The summed E-state index contributed by atoms with van der Waals surface area (Å²) in [4.78, 5) is 43.6. The number of hydrogen-bond donors (Lipinski definition) is 3. The molecule has 5 aromatic rings. The molecule has 3 aromatic carbocycles. The maximum Gasteiger partial charge on any atom is 0.297 e. The molecule has 21 nitrogen and oxygen atoms in total. The lowest BCUT2D eigenvalue weighted by Crippen LogP contribution is -2.58. The van der Waals surface area contributed by atoms with E-state index in [1.165, 1.54) is 21.5 Å². The number of carbonyl (C=O) groups excluding carboxylic acids is 1. The highest BCUT2D eigenvalue weighted by Gasteiger charge is 2.50. The molecule has 0 radical (unpaired) electrons. The molecule has 1 aliphatic carbocycles. The number of anilines is 4. The van der Waals surface area contributed by atoms with Crippen LogP contribution < -0.4 is 29.3 Å². The second-order valence-corrected chi connectivity index (χ2v) is 27.2. The van der Waals surface area contributed by atoms with Crippen LogP contribution in [-0.2, 0) is 29.5 Å². The van der Waals surface area contributed by atoms with Crippen LogP contribution in [-0.4, -0.2) is 167 Å². The number of H-pyrrole nitrogens is 1. The normalized spacial score (nSPS) is 24.0. The smallest absolute Gasteiger partial charge is 0.297 e. The number of piperazine rings is 1. The number of amides is 1. The number of nitrogens with one attached hydrogen (secondary N) is 3. The molecule has 5 fully saturated rings. The van der Waals surface area contributed by atoms with Crippen molar-refractivity contribution in [2.24, 2.45) is 5.41 Å². The highest BCUT2D eigenvalue weighted by atomic mass is 32.2. The van der Waals surface area contributed by atoms with Gasteiger partial charge >= 0.3 is 0 Å². The fourth-order valence-electron chi connectivity index (χ4n) is 13.2. The Hall–Kier alpha value is -6.08. The number of nitro groups is 1. The van der Waals surface area contributed by atoms with Gasteiger partial charge in [-0.25, -0.2) is 21.6 Å². The summed E-state index contributed by atoms with van der Waals surface area (Å²) >= 11 is 0. The Morgan fingerprint density at radius 2 is 1.66 bits per heavy atom. The number of carbonyl (C=O) groups is 1. The number of piperidine rings is 1. The van der Waals surface area contributed by atoms with E-state index in [9.17, 15) is 31.7 Å². The summed E-state index contributed by atoms with van der Waals surface area (Å²) in [5, 5.41) is 16.2. The molecule has 0 unspecified atom stereocenters. The molecule has 0 bridgehead atoms. The van der Waals surface area contributed by atoms with Crippen LogP contribution in [0.5, 0.6) is 11.6 Å². The van der Waals surface area contributed by atoms with Gasteiger partial charge in [0.05, 0.1) is 64.3 Å². The predicted octanol–water partition coefficient (Wildman–Crippen LogP) is 6.75. The van der Waals surface area contributed by atoms with E-state index in [2.05, 4.69) is 72.7 Å². The first-order chi connectivity index (χ1) is 37.9. The first-order valence-corrected chi connectivity index (χ1v) is 30.8. The summed E-state index contributed by atoms with van der Waals surface area (Å²) in [6.07, 6.45) is 6.15. The van der Waals surface area contributed by atoms with Crippen LogP contribution in [0.1, 0.15) is 93.2 Å². The number of ether oxygens (including phenoxy) is 4. The largest absolute Gasteiger partial charge is 0.489 e. The van der Waals surface area contributed by atoms with Crippen molar-refractivity contribution in [3.05, 3.63) is 99.7 Å². The van der Waals surface area contributed by atoms with E-state index in [0.29, 0.717) is 87.2 Å². The van der Waals surface area contributed by atoms with Crippen LogP contribution in [0.3, 0.4) is 0 Å². The number of nitrogens with zero attached hydrogens (tertiary/aromatic N) is 7. The van der Waals surface area contributed by atoms with Gasteiger partial charge < -0.3 is 39.0 Å². The maximum atomic E-state index is 14.9. The minimum absolute atomic E-state index is 0.0160. The van der Waals surface area contributed by atoms with Gasteiger partial charge in [-0.05, 0) is 98.7 Å². The molecular weight excluding hydrogens is 1050 g/mol. The van der Waals surface area contributed by atoms with Crippen molar-refractivity contribution in [2.75, 3.05) is 101 Å². The fraction of sp³-hybridized carbons (Fsp3) is 0.536. The number of nitro benzene ring substituents is 1. The van der Waals surface area contributed by atoms with E-state index in [-0.39, 0.29) is 47.7 Å². The minimum Gasteiger partial charge on any atom is -0.489 e. The maximum absolute atomic E-state index is 14.9. The van der Waals surface area contributed by atoms with Crippen LogP contribution in [0.4, 0.5) is 28.4 Å². The molecule has 1 amide bonds. The summed E-state index contributed by atoms with van der Waals surface area (Å²) in [6, 6.07) is 20.3. The van der Waals surface area contributed by atoms with E-state index in [0.717, 1.165) is 69.1 Å². The van der Waals surface area contributed by atoms with Gasteiger partial charge in [0.2, 0.25) is 15.9 Å². The van der Waals surface area contributed by atoms with Crippen LogP contribution in [0.2, 0.25) is 0 Å². The van der Waals surface area contributed by atoms with Gasteiger partial charge in [-0.1, -0.05) is 38.1 Å². The molecule has 7 aliphatic rings. The zero-order valence-corrected chi connectivity index (χ0v) is 46.8. The van der Waals surface area contributed by atoms with Crippen molar-refractivity contribution >= 4 is 65.4 Å². The van der Waals surface area contributed by atoms with Crippen molar-refractivity contribution < 1.29 is 45.5 Å². The quantitative estimate of drug-likeness (QED) is 0.0817. The number of aromatic amines is 1. The first kappa shape index (κ1) is 53.6. The molecule has 4 saturated heterocycles. The summed E-state index contributed by atoms with van der Waals surface area (Å²) in [5.74, 6) is -0.212. The van der Waals surface area contributed by atoms with Gasteiger partial charge in [-0.2, -0.15) is 9.29 Å². The third-order valence-corrected chi connectivity index (χ3v) is 21.2. The highest BCUT2D eigenvalue weighted by Crippen LogP contribution is 2.54. The third-order valence-electron chi connectivity index (χ3n) is 17.6. The van der Waals surface area contributed by atoms with Gasteiger partial charge in [0.1, 0.15) is 24.0 Å². The SMILES string of the molecule is CC(C)c1ccccc1[C@@H]1COCCN1C1CC2(CCN(c3ccc(C(=O)NS(=O)(=O)c4cc5c(c([N+](=O)[O-])c4)N[C@H](CN4CCN(S(=O)(=O)C(C)C)CC4)CO5)c(N4c5cc6cc[nH]c6nc5O[C@H]5COCC[C@@H]54)c3)CC2)C1. The van der Waals surface area contributed by atoms with Crippen LogP contribution >= 0.6 is 0 Å². The average molecular weight is 1120 g/mol. The number of sulfonamides is 2. The van der Waals surface area contributed by atoms with Crippen molar-refractivity contribution in [2.45, 2.75) is 106 Å². The molecule has 2 aromatic heterocycles. The number of rotatable bonds is 13. The Morgan fingerprint density at radius 3 is 2.42 bits per heavy atom. The van der Waals surface area contributed by atoms with E-state index >= 15 is 0 Å². The lowest BCUT2D eigenvalue weighted by Gasteiger charge is -2.57. The lowest BCUT2D eigenvalue weighted by molar-refractivity contribution is -0.384. The summed E-state index contributed by atoms with van der Waals surface area (Å²) in [7, 11) is -8.17. The standard InChI is InChI=1S/C56H70N10O11S2/c1-35(2)42-7-5-6-8-43(42)49-33-75-24-22-64(49)40-29-56(30-40)13-16-62(17-14-56)39-9-10-44(46(26-39)65-45-12-23-74-34-51(45)77-55-48(65)25-37-11-15-57-53(37)59-55)54(67)60-78(70,71)41-27-47(66(68)69)52-50(28-41)76-32-38(58-52)31-61-18-20-63(21-19-61)79(72,73)36(3)4/h5-11,15,25-28,35-36,38,40,45,49,51,58H,12-14,16-24,29-34H2,1-4H3,(H,57,59)(H,60,67)/t38-,45+,49+,51+/m1/s1. The van der Waals surface area contributed by atoms with Gasteiger partial charge in [-0.15, -0.1) is 0 Å². The number of benzene rings is 3. The van der Waals surface area contributed by atoms with E-state index in [4.69, 9.17) is 23.9 Å². The van der Waals surface area contributed by atoms with Crippen molar-refractivity contribution in [1.29, 1.82) is 0 Å². The van der Waals surface area contributed by atoms with E-state index in [1.54, 1.807) is 26.1 Å². The number of morpholine rings is 1. The molecule has 1 saturated carbocycles. The van der Waals surface area contributed by atoms with Crippen molar-refractivity contribution in [3.63, 3.8) is 0 Å². The number of pyridine rings is 1. The van der Waals surface area contributed by atoms with Crippen LogP contribution in [0.15, 0.2) is 77.8 Å². The molecule has 12 rings (SSSR count). The molecule has 79 heavy (non-hydrogen) atoms. The highest BCUT2D eigenvalue weighted by molar-refractivity contribution is 7.90. The fourth-order valence-corrected chi connectivity index (χ4v) is 15.5. The molecule has 1 spiro atoms. The van der Waals surface area contributed by atoms with Crippen LogP contribution in [0.25, 0.3) is 11.0 Å². The van der Waals surface area contributed by atoms with E-state index in [1.807, 2.05) is 24.3 Å². The Kier molecular flexibility index (Phi) is 14.3. The second-order valence-electron chi connectivity index (χ2n) is 23.0. The summed E-state index contributed by atoms with van der Waals surface area (Å²) in [6.45, 7) is 14.5. The van der Waals surface area contributed by atoms with Crippen molar-refractivity contribution in [3.8, 4) is 11.6 Å². The average Bonchev–Trinajstić information content (AvgIpc) is 4.05. The minimum atomic E-state index is -4.76. The molecule has 422 valence electrons. The molecule has 3 N–H and O–H groups in total. The van der Waals surface area contributed by atoms with Gasteiger partial charge in [0, 0.05) is 94.4 Å². The molecule has 4 atom stereocenters. The third kappa shape index (κ3) is 10.2. The Labute approximate surface area is 461 Å². The summed E-state index contributed by atoms with van der Waals surface area (Å²) in [5.41, 5.74) is 5.12. The lowest BCUT2D eigenvalue weighted by atomic mass is 9.59. The number of aromatic nitrogens is 2. The molecular formula is C56H70N10O11S2. The molecule has 23 heteroatoms. The van der Waals surface area contributed by atoms with Crippen molar-refractivity contribution in [1.82, 2.24) is 28.8 Å². The van der Waals surface area contributed by atoms with Gasteiger partial charge in [0.25, 0.3) is 21.6 Å².